The monoisotopic (exact) mass is 215 g/mol. The van der Waals surface area contributed by atoms with Crippen LogP contribution in [0, 0.1) is 5.92 Å². The molecule has 82 valence electrons. The summed E-state index contributed by atoms with van der Waals surface area (Å²) in [4.78, 5) is 0. The number of hydrogen-bond donors (Lipinski definition) is 1. The SMILES string of the molecule is C1CSCC(NCC2CCOCC2)C1. The van der Waals surface area contributed by atoms with Crippen molar-refractivity contribution in [3.8, 4) is 0 Å². The van der Waals surface area contributed by atoms with Gasteiger partial charge in [-0.25, -0.2) is 0 Å². The fraction of sp³-hybridized carbons (Fsp3) is 1.00. The lowest BCUT2D eigenvalue weighted by molar-refractivity contribution is 0.0655. The molecule has 1 unspecified atom stereocenters. The van der Waals surface area contributed by atoms with Crippen LogP contribution in [-0.2, 0) is 4.74 Å². The summed E-state index contributed by atoms with van der Waals surface area (Å²) < 4.78 is 5.36. The first kappa shape index (κ1) is 10.8. The molecule has 0 radical (unpaired) electrons. The number of ether oxygens (including phenoxy) is 1. The molecule has 0 aromatic carbocycles. The van der Waals surface area contributed by atoms with Crippen molar-refractivity contribution >= 4 is 11.8 Å². The van der Waals surface area contributed by atoms with E-state index in [-0.39, 0.29) is 0 Å². The molecule has 2 rings (SSSR count). The summed E-state index contributed by atoms with van der Waals surface area (Å²) in [5, 5.41) is 3.71. The van der Waals surface area contributed by atoms with Crippen molar-refractivity contribution in [1.29, 1.82) is 0 Å². The third kappa shape index (κ3) is 3.44. The van der Waals surface area contributed by atoms with Crippen LogP contribution in [0.2, 0.25) is 0 Å². The Kier molecular flexibility index (Phi) is 4.61. The van der Waals surface area contributed by atoms with E-state index in [0.717, 1.165) is 25.2 Å². The van der Waals surface area contributed by atoms with Crippen LogP contribution >= 0.6 is 11.8 Å². The first-order valence-corrected chi connectivity index (χ1v) is 6.99. The van der Waals surface area contributed by atoms with Crippen LogP contribution < -0.4 is 5.32 Å². The Hall–Kier alpha value is 0.270. The Labute approximate surface area is 91.2 Å². The summed E-state index contributed by atoms with van der Waals surface area (Å²) >= 11 is 2.10. The zero-order chi connectivity index (χ0) is 9.64. The summed E-state index contributed by atoms with van der Waals surface area (Å²) in [6.07, 6.45) is 5.30. The average molecular weight is 215 g/mol. The Morgan fingerprint density at radius 2 is 2.07 bits per heavy atom. The standard InChI is InChI=1S/C11H21NOS/c1-2-11(9-14-7-1)12-8-10-3-5-13-6-4-10/h10-12H,1-9H2. The normalized spacial score (nSPS) is 30.4. The summed E-state index contributed by atoms with van der Waals surface area (Å²) in [6.45, 7) is 3.17. The lowest BCUT2D eigenvalue weighted by Gasteiger charge is -2.27. The molecule has 0 aromatic rings. The number of rotatable bonds is 3. The van der Waals surface area contributed by atoms with E-state index in [1.807, 2.05) is 0 Å². The molecule has 0 amide bonds. The Morgan fingerprint density at radius 3 is 2.79 bits per heavy atom. The topological polar surface area (TPSA) is 21.3 Å². The minimum Gasteiger partial charge on any atom is -0.381 e. The predicted octanol–water partition coefficient (Wildman–Crippen LogP) is 1.90. The maximum atomic E-state index is 5.36. The second kappa shape index (κ2) is 5.99. The molecule has 2 fully saturated rings. The van der Waals surface area contributed by atoms with Gasteiger partial charge in [-0.2, -0.15) is 11.8 Å². The fourth-order valence-electron chi connectivity index (χ4n) is 2.19. The predicted molar refractivity (Wildman–Crippen MR) is 61.9 cm³/mol. The molecule has 2 heterocycles. The van der Waals surface area contributed by atoms with Gasteiger partial charge in [0.25, 0.3) is 0 Å². The quantitative estimate of drug-likeness (QED) is 0.777. The van der Waals surface area contributed by atoms with Crippen molar-refractivity contribution in [3.63, 3.8) is 0 Å². The summed E-state index contributed by atoms with van der Waals surface area (Å²) in [5.41, 5.74) is 0. The largest absolute Gasteiger partial charge is 0.381 e. The molecule has 2 saturated heterocycles. The third-order valence-electron chi connectivity index (χ3n) is 3.20. The summed E-state index contributed by atoms with van der Waals surface area (Å²) in [7, 11) is 0. The first-order valence-electron chi connectivity index (χ1n) is 5.84. The van der Waals surface area contributed by atoms with E-state index in [1.165, 1.54) is 43.7 Å². The number of nitrogens with one attached hydrogen (secondary N) is 1. The van der Waals surface area contributed by atoms with E-state index in [9.17, 15) is 0 Å². The van der Waals surface area contributed by atoms with Crippen molar-refractivity contribution in [2.75, 3.05) is 31.3 Å². The molecule has 1 N–H and O–H groups in total. The molecular weight excluding hydrogens is 194 g/mol. The van der Waals surface area contributed by atoms with Crippen LogP contribution in [-0.4, -0.2) is 37.3 Å². The van der Waals surface area contributed by atoms with Gasteiger partial charge in [-0.3, -0.25) is 0 Å². The molecule has 0 spiro atoms. The molecule has 0 bridgehead atoms. The molecule has 0 aliphatic carbocycles. The highest BCUT2D eigenvalue weighted by atomic mass is 32.2. The molecule has 2 aliphatic heterocycles. The van der Waals surface area contributed by atoms with Crippen LogP contribution in [0.5, 0.6) is 0 Å². The van der Waals surface area contributed by atoms with Gasteiger partial charge in [0, 0.05) is 25.0 Å². The zero-order valence-corrected chi connectivity index (χ0v) is 9.65. The van der Waals surface area contributed by atoms with Gasteiger partial charge in [-0.1, -0.05) is 0 Å². The van der Waals surface area contributed by atoms with Crippen LogP contribution in [0.3, 0.4) is 0 Å². The minimum absolute atomic E-state index is 0.789. The van der Waals surface area contributed by atoms with Gasteiger partial charge in [-0.15, -0.1) is 0 Å². The van der Waals surface area contributed by atoms with Crippen molar-refractivity contribution in [2.24, 2.45) is 5.92 Å². The van der Waals surface area contributed by atoms with Gasteiger partial charge in [0.2, 0.25) is 0 Å². The molecule has 0 saturated carbocycles. The highest BCUT2D eigenvalue weighted by Crippen LogP contribution is 2.18. The van der Waals surface area contributed by atoms with Gasteiger partial charge < -0.3 is 10.1 Å². The smallest absolute Gasteiger partial charge is 0.0469 e. The molecule has 3 heteroatoms. The van der Waals surface area contributed by atoms with E-state index in [1.54, 1.807) is 0 Å². The van der Waals surface area contributed by atoms with E-state index < -0.39 is 0 Å². The fourth-order valence-corrected chi connectivity index (χ4v) is 3.29. The summed E-state index contributed by atoms with van der Waals surface area (Å²) in [5.74, 6) is 3.56. The Morgan fingerprint density at radius 1 is 1.21 bits per heavy atom. The van der Waals surface area contributed by atoms with Crippen LogP contribution in [0.25, 0.3) is 0 Å². The van der Waals surface area contributed by atoms with Gasteiger partial charge >= 0.3 is 0 Å². The van der Waals surface area contributed by atoms with Crippen LogP contribution in [0.4, 0.5) is 0 Å². The van der Waals surface area contributed by atoms with Crippen molar-refractivity contribution in [3.05, 3.63) is 0 Å². The van der Waals surface area contributed by atoms with Crippen molar-refractivity contribution in [2.45, 2.75) is 31.7 Å². The molecule has 2 aliphatic rings. The number of thioether (sulfide) groups is 1. The number of hydrogen-bond acceptors (Lipinski definition) is 3. The third-order valence-corrected chi connectivity index (χ3v) is 4.41. The summed E-state index contributed by atoms with van der Waals surface area (Å²) in [6, 6.07) is 0.789. The average Bonchev–Trinajstić information content (AvgIpc) is 2.29. The van der Waals surface area contributed by atoms with Gasteiger partial charge in [0.1, 0.15) is 0 Å². The second-order valence-corrected chi connectivity index (χ2v) is 5.53. The Bertz CT molecular complexity index is 135. The van der Waals surface area contributed by atoms with Gasteiger partial charge in [0.15, 0.2) is 0 Å². The lowest BCUT2D eigenvalue weighted by Crippen LogP contribution is -2.38. The maximum Gasteiger partial charge on any atom is 0.0469 e. The first-order chi connectivity index (χ1) is 6.95. The highest BCUT2D eigenvalue weighted by Gasteiger charge is 2.17. The van der Waals surface area contributed by atoms with Crippen molar-refractivity contribution < 1.29 is 4.74 Å². The van der Waals surface area contributed by atoms with Gasteiger partial charge in [0.05, 0.1) is 0 Å². The highest BCUT2D eigenvalue weighted by molar-refractivity contribution is 7.99. The lowest BCUT2D eigenvalue weighted by atomic mass is 10.00. The van der Waals surface area contributed by atoms with Gasteiger partial charge in [-0.05, 0) is 43.9 Å². The maximum absolute atomic E-state index is 5.36. The van der Waals surface area contributed by atoms with Crippen LogP contribution in [0.1, 0.15) is 25.7 Å². The van der Waals surface area contributed by atoms with E-state index in [0.29, 0.717) is 0 Å². The second-order valence-electron chi connectivity index (χ2n) is 4.38. The van der Waals surface area contributed by atoms with E-state index >= 15 is 0 Å². The Balaban J connectivity index is 1.60. The van der Waals surface area contributed by atoms with E-state index in [2.05, 4.69) is 17.1 Å². The molecule has 1 atom stereocenters. The van der Waals surface area contributed by atoms with E-state index in [4.69, 9.17) is 4.74 Å². The molecule has 2 nitrogen and oxygen atoms in total. The minimum atomic E-state index is 0.789. The van der Waals surface area contributed by atoms with Crippen LogP contribution in [0.15, 0.2) is 0 Å². The molecule has 14 heavy (non-hydrogen) atoms. The molecule has 0 aromatic heterocycles. The zero-order valence-electron chi connectivity index (χ0n) is 8.84. The molecular formula is C11H21NOS. The van der Waals surface area contributed by atoms with Crippen molar-refractivity contribution in [1.82, 2.24) is 5.32 Å².